The van der Waals surface area contributed by atoms with Crippen molar-refractivity contribution in [3.05, 3.63) is 88.6 Å². The van der Waals surface area contributed by atoms with Gasteiger partial charge in [-0.25, -0.2) is 4.98 Å². The Morgan fingerprint density at radius 3 is 2.22 bits per heavy atom. The Kier molecular flexibility index (Phi) is 10.8. The van der Waals surface area contributed by atoms with Gasteiger partial charge in [0.1, 0.15) is 17.1 Å². The number of ether oxygens (including phenoxy) is 4. The molecule has 0 bridgehead atoms. The van der Waals surface area contributed by atoms with Crippen LogP contribution in [0.3, 0.4) is 0 Å². The van der Waals surface area contributed by atoms with Crippen molar-refractivity contribution in [2.45, 2.75) is 90.8 Å². The predicted molar refractivity (Wildman–Crippen MR) is 180 cm³/mol. The van der Waals surface area contributed by atoms with Crippen molar-refractivity contribution in [1.82, 2.24) is 9.88 Å². The molecule has 1 atom stereocenters. The van der Waals surface area contributed by atoms with Crippen LogP contribution in [0, 0.1) is 0 Å². The number of rotatable bonds is 11. The highest BCUT2D eigenvalue weighted by molar-refractivity contribution is 5.83. The van der Waals surface area contributed by atoms with Crippen molar-refractivity contribution in [2.24, 2.45) is 0 Å². The van der Waals surface area contributed by atoms with E-state index in [1.54, 1.807) is 21.3 Å². The zero-order valence-corrected chi connectivity index (χ0v) is 28.7. The summed E-state index contributed by atoms with van der Waals surface area (Å²) in [7, 11) is 4.83. The van der Waals surface area contributed by atoms with E-state index in [-0.39, 0.29) is 29.8 Å². The maximum Gasteiger partial charge on any atom is 0.306 e. The molecule has 1 aliphatic rings. The fraction of sp³-hybridized carbons (Fsp3) is 0.447. The highest BCUT2D eigenvalue weighted by Crippen LogP contribution is 2.34. The summed E-state index contributed by atoms with van der Waals surface area (Å²) < 4.78 is 22.2. The summed E-state index contributed by atoms with van der Waals surface area (Å²) in [6.07, 6.45) is 3.95. The average Bonchev–Trinajstić information content (AvgIpc) is 3.35. The van der Waals surface area contributed by atoms with E-state index in [0.717, 1.165) is 28.0 Å². The minimum atomic E-state index is -0.542. The molecule has 3 aromatic rings. The lowest BCUT2D eigenvalue weighted by atomic mass is 9.86. The number of likely N-dealkylation sites (tertiary alicyclic amines) is 1. The zero-order valence-electron chi connectivity index (χ0n) is 28.7. The molecule has 246 valence electrons. The normalized spacial score (nSPS) is 15.6. The molecule has 8 heteroatoms. The Balaban J connectivity index is 1.72. The number of carbonyl (C=O) groups is 2. The third-order valence-corrected chi connectivity index (χ3v) is 8.06. The van der Waals surface area contributed by atoms with E-state index in [2.05, 4.69) is 51.1 Å². The summed E-state index contributed by atoms with van der Waals surface area (Å²) in [6.45, 7) is 12.6. The number of pyridine rings is 1. The van der Waals surface area contributed by atoms with Crippen molar-refractivity contribution in [2.75, 3.05) is 21.3 Å². The lowest BCUT2D eigenvalue weighted by molar-refractivity contribution is -0.154. The second kappa shape index (κ2) is 14.4. The van der Waals surface area contributed by atoms with E-state index in [1.807, 2.05) is 56.0 Å². The van der Waals surface area contributed by atoms with Crippen LogP contribution in [0.1, 0.15) is 88.8 Å². The topological polar surface area (TPSA) is 87.2 Å². The summed E-state index contributed by atoms with van der Waals surface area (Å²) >= 11 is 0. The predicted octanol–water partition coefficient (Wildman–Crippen LogP) is 7.30. The number of esters is 1. The van der Waals surface area contributed by atoms with Gasteiger partial charge < -0.3 is 23.8 Å². The molecule has 0 unspecified atom stereocenters. The van der Waals surface area contributed by atoms with Crippen LogP contribution in [0.4, 0.5) is 0 Å². The third-order valence-electron chi connectivity index (χ3n) is 8.06. The van der Waals surface area contributed by atoms with E-state index in [9.17, 15) is 9.59 Å². The van der Waals surface area contributed by atoms with Gasteiger partial charge in [0.05, 0.1) is 33.1 Å². The Morgan fingerprint density at radius 2 is 1.61 bits per heavy atom. The van der Waals surface area contributed by atoms with Gasteiger partial charge in [0.25, 0.3) is 0 Å². The van der Waals surface area contributed by atoms with E-state index in [0.29, 0.717) is 43.2 Å². The van der Waals surface area contributed by atoms with Gasteiger partial charge in [0.15, 0.2) is 0 Å². The number of hydrogen-bond donors (Lipinski definition) is 0. The van der Waals surface area contributed by atoms with Gasteiger partial charge >= 0.3 is 5.97 Å². The van der Waals surface area contributed by atoms with Crippen LogP contribution in [0.5, 0.6) is 17.4 Å². The molecule has 0 radical (unpaired) electrons. The Hall–Kier alpha value is -4.33. The van der Waals surface area contributed by atoms with Crippen LogP contribution in [0.25, 0.3) is 5.57 Å². The summed E-state index contributed by atoms with van der Waals surface area (Å²) in [5.41, 5.74) is 5.04. The first-order valence-corrected chi connectivity index (χ1v) is 15.8. The van der Waals surface area contributed by atoms with Crippen molar-refractivity contribution in [3.8, 4) is 17.4 Å². The van der Waals surface area contributed by atoms with Crippen LogP contribution in [-0.4, -0.2) is 54.7 Å². The maximum atomic E-state index is 13.2. The molecule has 1 fully saturated rings. The second-order valence-electron chi connectivity index (χ2n) is 13.7. The van der Waals surface area contributed by atoms with Gasteiger partial charge in [-0.1, -0.05) is 57.2 Å². The van der Waals surface area contributed by atoms with Crippen molar-refractivity contribution in [1.29, 1.82) is 0 Å². The fourth-order valence-corrected chi connectivity index (χ4v) is 5.59. The number of aromatic nitrogens is 1. The number of hydrogen-bond acceptors (Lipinski definition) is 7. The largest absolute Gasteiger partial charge is 0.497 e. The minimum absolute atomic E-state index is 0.00571. The lowest BCUT2D eigenvalue weighted by Crippen LogP contribution is -2.31. The van der Waals surface area contributed by atoms with Crippen LogP contribution in [-0.2, 0) is 32.7 Å². The summed E-state index contributed by atoms with van der Waals surface area (Å²) in [5, 5.41) is 0. The number of benzene rings is 2. The van der Waals surface area contributed by atoms with Crippen molar-refractivity contribution < 1.29 is 28.5 Å². The van der Waals surface area contributed by atoms with Crippen LogP contribution >= 0.6 is 0 Å². The number of nitrogens with zero attached hydrogens (tertiary/aromatic N) is 2. The smallest absolute Gasteiger partial charge is 0.306 e. The maximum absolute atomic E-state index is 13.2. The molecular weight excluding hydrogens is 580 g/mol. The molecule has 46 heavy (non-hydrogen) atoms. The number of amides is 1. The van der Waals surface area contributed by atoms with Gasteiger partial charge in [-0.05, 0) is 68.4 Å². The van der Waals surface area contributed by atoms with E-state index < -0.39 is 5.60 Å². The fourth-order valence-electron chi connectivity index (χ4n) is 5.59. The molecule has 0 saturated carbocycles. The SMILES string of the molecule is COc1ccc(CN2C(=O)CC[C@@H]2C=C(c2ccc(C(C)(C)C)cc2)c2ccc(CCC(=O)OC(C)(C)C)c(OC)n2)c(OC)c1. The van der Waals surface area contributed by atoms with E-state index >= 15 is 0 Å². The summed E-state index contributed by atoms with van der Waals surface area (Å²) in [4.78, 5) is 32.5. The van der Waals surface area contributed by atoms with Gasteiger partial charge in [-0.3, -0.25) is 9.59 Å². The van der Waals surface area contributed by atoms with Gasteiger partial charge in [-0.15, -0.1) is 0 Å². The molecule has 8 nitrogen and oxygen atoms in total. The third kappa shape index (κ3) is 8.68. The molecule has 2 heterocycles. The van der Waals surface area contributed by atoms with Crippen LogP contribution in [0.2, 0.25) is 0 Å². The minimum Gasteiger partial charge on any atom is -0.497 e. The Bertz CT molecular complexity index is 1560. The standard InChI is InChI=1S/C38H48N2O6/c1-37(2,3)28-15-10-25(11-16-28)31(32-19-13-26(36(39-32)45-9)14-21-35(42)46-38(4,5)6)22-29-17-20-34(41)40(29)24-27-12-18-30(43-7)23-33(27)44-8/h10-13,15-16,18-19,22-23,29H,14,17,20-21,24H2,1-9H3/t29-/m1/s1. The first-order chi connectivity index (χ1) is 21.7. The lowest BCUT2D eigenvalue weighted by Gasteiger charge is -2.25. The molecule has 1 amide bonds. The van der Waals surface area contributed by atoms with Gasteiger partial charge in [0.2, 0.25) is 11.8 Å². The van der Waals surface area contributed by atoms with Crippen LogP contribution in [0.15, 0.2) is 60.7 Å². The van der Waals surface area contributed by atoms with Crippen molar-refractivity contribution >= 4 is 17.4 Å². The highest BCUT2D eigenvalue weighted by Gasteiger charge is 2.31. The summed E-state index contributed by atoms with van der Waals surface area (Å²) in [5.74, 6) is 1.65. The van der Waals surface area contributed by atoms with Gasteiger partial charge in [-0.2, -0.15) is 0 Å². The molecular formula is C38H48N2O6. The molecule has 1 saturated heterocycles. The zero-order chi connectivity index (χ0) is 33.6. The molecule has 1 aliphatic heterocycles. The first kappa shape index (κ1) is 34.5. The number of aryl methyl sites for hydroxylation is 1. The number of carbonyl (C=O) groups excluding carboxylic acids is 2. The molecule has 2 aromatic carbocycles. The molecule has 0 spiro atoms. The quantitative estimate of drug-likeness (QED) is 0.206. The molecule has 0 N–H and O–H groups in total. The Morgan fingerprint density at radius 1 is 0.913 bits per heavy atom. The van der Waals surface area contributed by atoms with E-state index in [4.69, 9.17) is 23.9 Å². The first-order valence-electron chi connectivity index (χ1n) is 15.8. The average molecular weight is 629 g/mol. The molecule has 4 rings (SSSR count). The molecule has 1 aromatic heterocycles. The van der Waals surface area contributed by atoms with Crippen LogP contribution < -0.4 is 14.2 Å². The number of methoxy groups -OCH3 is 3. The summed E-state index contributed by atoms with van der Waals surface area (Å²) in [6, 6.07) is 18.0. The monoisotopic (exact) mass is 628 g/mol. The van der Waals surface area contributed by atoms with Crippen molar-refractivity contribution in [3.63, 3.8) is 0 Å². The second-order valence-corrected chi connectivity index (χ2v) is 13.7. The Labute approximate surface area is 273 Å². The molecule has 0 aliphatic carbocycles. The highest BCUT2D eigenvalue weighted by atomic mass is 16.6. The van der Waals surface area contributed by atoms with E-state index in [1.165, 1.54) is 5.56 Å². The van der Waals surface area contributed by atoms with Gasteiger partial charge in [0, 0.05) is 42.2 Å².